The fourth-order valence-electron chi connectivity index (χ4n) is 2.55. The van der Waals surface area contributed by atoms with Gasteiger partial charge in [-0.25, -0.2) is 13.1 Å². The van der Waals surface area contributed by atoms with Gasteiger partial charge in [0.15, 0.2) is 0 Å². The Labute approximate surface area is 124 Å². The third-order valence-electron chi connectivity index (χ3n) is 3.82. The van der Waals surface area contributed by atoms with Crippen LogP contribution in [0.5, 0.6) is 0 Å². The molecule has 21 heavy (non-hydrogen) atoms. The van der Waals surface area contributed by atoms with Crippen molar-refractivity contribution in [2.24, 2.45) is 5.41 Å². The summed E-state index contributed by atoms with van der Waals surface area (Å²) >= 11 is 0. The van der Waals surface area contributed by atoms with Gasteiger partial charge in [0.2, 0.25) is 10.0 Å². The van der Waals surface area contributed by atoms with Crippen LogP contribution in [0.3, 0.4) is 0 Å². The number of hydrogen-bond donors (Lipinski definition) is 2. The lowest BCUT2D eigenvalue weighted by molar-refractivity contribution is -0.146. The predicted octanol–water partition coefficient (Wildman–Crippen LogP) is 1.29. The highest BCUT2D eigenvalue weighted by atomic mass is 32.2. The fourth-order valence-corrected chi connectivity index (χ4v) is 3.82. The highest BCUT2D eigenvalue weighted by Crippen LogP contribution is 2.36. The summed E-state index contributed by atoms with van der Waals surface area (Å²) in [5, 5.41) is 9.29. The Morgan fingerprint density at radius 1 is 1.43 bits per heavy atom. The zero-order valence-corrected chi connectivity index (χ0v) is 13.0. The summed E-state index contributed by atoms with van der Waals surface area (Å²) in [6.45, 7) is 4.56. The third-order valence-corrected chi connectivity index (χ3v) is 5.41. The summed E-state index contributed by atoms with van der Waals surface area (Å²) in [6, 6.07) is 6.69. The summed E-state index contributed by atoms with van der Waals surface area (Å²) < 4.78 is 27.0. The predicted molar refractivity (Wildman–Crippen MR) is 79.9 cm³/mol. The molecule has 0 aliphatic carbocycles. The molecule has 1 aliphatic heterocycles. The number of anilines is 1. The summed E-state index contributed by atoms with van der Waals surface area (Å²) in [5.41, 5.74) is -0.280. The molecule has 7 heteroatoms. The second-order valence-electron chi connectivity index (χ2n) is 5.51. The van der Waals surface area contributed by atoms with Crippen molar-refractivity contribution in [2.75, 3.05) is 24.5 Å². The van der Waals surface area contributed by atoms with Crippen LogP contribution in [0, 0.1) is 5.41 Å². The lowest BCUT2D eigenvalue weighted by Gasteiger charge is -2.24. The number of benzene rings is 1. The van der Waals surface area contributed by atoms with Gasteiger partial charge in [0.05, 0.1) is 11.1 Å². The lowest BCUT2D eigenvalue weighted by Crippen LogP contribution is -2.33. The van der Waals surface area contributed by atoms with Crippen LogP contribution in [-0.2, 0) is 14.8 Å². The second kappa shape index (κ2) is 5.65. The number of sulfonamides is 1. The van der Waals surface area contributed by atoms with E-state index in [1.807, 2.05) is 4.90 Å². The van der Waals surface area contributed by atoms with Gasteiger partial charge in [-0.15, -0.1) is 0 Å². The van der Waals surface area contributed by atoms with Crippen molar-refractivity contribution >= 4 is 21.7 Å². The Balaban J connectivity index is 2.37. The van der Waals surface area contributed by atoms with E-state index in [2.05, 4.69) is 4.72 Å². The fraction of sp³-hybridized carbons (Fsp3) is 0.500. The van der Waals surface area contributed by atoms with E-state index in [1.165, 1.54) is 0 Å². The molecule has 6 nitrogen and oxygen atoms in total. The minimum absolute atomic E-state index is 0.196. The van der Waals surface area contributed by atoms with Gasteiger partial charge in [0.1, 0.15) is 4.90 Å². The van der Waals surface area contributed by atoms with Crippen LogP contribution in [0.2, 0.25) is 0 Å². The van der Waals surface area contributed by atoms with Crippen molar-refractivity contribution in [1.29, 1.82) is 0 Å². The quantitative estimate of drug-likeness (QED) is 0.855. The number of nitrogens with one attached hydrogen (secondary N) is 1. The van der Waals surface area contributed by atoms with Gasteiger partial charge in [0, 0.05) is 19.6 Å². The number of hydrogen-bond acceptors (Lipinski definition) is 4. The zero-order chi connectivity index (χ0) is 15.7. The van der Waals surface area contributed by atoms with E-state index in [9.17, 15) is 18.3 Å². The topological polar surface area (TPSA) is 86.7 Å². The first-order valence-electron chi connectivity index (χ1n) is 6.87. The first kappa shape index (κ1) is 15.8. The van der Waals surface area contributed by atoms with E-state index in [1.54, 1.807) is 38.1 Å². The number of aliphatic carboxylic acids is 1. The van der Waals surface area contributed by atoms with E-state index < -0.39 is 21.4 Å². The number of para-hydroxylation sites is 1. The molecular formula is C14H20N2O4S. The van der Waals surface area contributed by atoms with Crippen LogP contribution < -0.4 is 9.62 Å². The molecule has 0 saturated carbocycles. The number of carbonyl (C=O) groups is 1. The average Bonchev–Trinajstić information content (AvgIpc) is 2.83. The van der Waals surface area contributed by atoms with Crippen LogP contribution in [-0.4, -0.2) is 39.1 Å². The molecule has 0 amide bonds. The molecular weight excluding hydrogens is 292 g/mol. The van der Waals surface area contributed by atoms with Gasteiger partial charge in [0.25, 0.3) is 0 Å². The van der Waals surface area contributed by atoms with Crippen LogP contribution in [0.4, 0.5) is 5.69 Å². The van der Waals surface area contributed by atoms with E-state index in [-0.39, 0.29) is 4.90 Å². The highest BCUT2D eigenvalue weighted by Gasteiger charge is 2.41. The Kier molecular flexibility index (Phi) is 4.25. The van der Waals surface area contributed by atoms with Crippen LogP contribution in [0.15, 0.2) is 29.2 Å². The lowest BCUT2D eigenvalue weighted by atomic mass is 9.90. The molecule has 1 atom stereocenters. The van der Waals surface area contributed by atoms with Crippen molar-refractivity contribution in [3.8, 4) is 0 Å². The van der Waals surface area contributed by atoms with Gasteiger partial charge in [-0.05, 0) is 25.5 Å². The highest BCUT2D eigenvalue weighted by molar-refractivity contribution is 7.89. The number of rotatable bonds is 5. The third kappa shape index (κ3) is 3.03. The smallest absolute Gasteiger partial charge is 0.311 e. The molecule has 0 bridgehead atoms. The van der Waals surface area contributed by atoms with Gasteiger partial charge in [-0.1, -0.05) is 19.1 Å². The van der Waals surface area contributed by atoms with Crippen molar-refractivity contribution < 1.29 is 18.3 Å². The number of nitrogens with zero attached hydrogens (tertiary/aromatic N) is 1. The van der Waals surface area contributed by atoms with Crippen molar-refractivity contribution in [3.05, 3.63) is 24.3 Å². The van der Waals surface area contributed by atoms with Crippen LogP contribution in [0.25, 0.3) is 0 Å². The van der Waals surface area contributed by atoms with Crippen molar-refractivity contribution in [1.82, 2.24) is 4.72 Å². The maximum Gasteiger partial charge on any atom is 0.311 e. The first-order valence-corrected chi connectivity index (χ1v) is 8.35. The van der Waals surface area contributed by atoms with E-state index >= 15 is 0 Å². The first-order chi connectivity index (χ1) is 9.80. The Hall–Kier alpha value is -1.60. The maximum atomic E-state index is 12.3. The molecule has 0 spiro atoms. The summed E-state index contributed by atoms with van der Waals surface area (Å²) in [7, 11) is -3.58. The number of carboxylic acids is 1. The van der Waals surface area contributed by atoms with E-state index in [0.717, 1.165) is 0 Å². The molecule has 1 saturated heterocycles. The minimum atomic E-state index is -3.58. The Morgan fingerprint density at radius 3 is 2.67 bits per heavy atom. The van der Waals surface area contributed by atoms with Crippen LogP contribution >= 0.6 is 0 Å². The molecule has 1 aliphatic rings. The zero-order valence-electron chi connectivity index (χ0n) is 12.2. The monoisotopic (exact) mass is 312 g/mol. The van der Waals surface area contributed by atoms with Crippen molar-refractivity contribution in [2.45, 2.75) is 25.2 Å². The minimum Gasteiger partial charge on any atom is -0.481 e. The molecule has 116 valence electrons. The standard InChI is InChI=1S/C14H20N2O4S/c1-3-15-21(19,20)12-7-5-4-6-11(12)16-9-8-14(2,10-16)13(17)18/h4-7,15H,3,8-10H2,1-2H3,(H,17,18). The molecule has 2 N–H and O–H groups in total. The maximum absolute atomic E-state index is 12.3. The largest absolute Gasteiger partial charge is 0.481 e. The summed E-state index contributed by atoms with van der Waals surface area (Å²) in [5.74, 6) is -0.850. The normalized spacial score (nSPS) is 22.5. The molecule has 1 fully saturated rings. The van der Waals surface area contributed by atoms with Crippen molar-refractivity contribution in [3.63, 3.8) is 0 Å². The van der Waals surface area contributed by atoms with Gasteiger partial charge >= 0.3 is 5.97 Å². The Bertz CT molecular complexity index is 644. The Morgan fingerprint density at radius 2 is 2.10 bits per heavy atom. The molecule has 1 aromatic rings. The molecule has 1 heterocycles. The number of carboxylic acid groups (broad SMARTS) is 1. The summed E-state index contributed by atoms with van der Waals surface area (Å²) in [4.78, 5) is 13.4. The van der Waals surface area contributed by atoms with E-state index in [4.69, 9.17) is 0 Å². The molecule has 1 unspecified atom stereocenters. The van der Waals surface area contributed by atoms with Gasteiger partial charge in [-0.2, -0.15) is 0 Å². The summed E-state index contributed by atoms with van der Waals surface area (Å²) in [6.07, 6.45) is 0.498. The van der Waals surface area contributed by atoms with Gasteiger partial charge in [-0.3, -0.25) is 4.79 Å². The van der Waals surface area contributed by atoms with Crippen LogP contribution in [0.1, 0.15) is 20.3 Å². The molecule has 2 rings (SSSR count). The molecule has 0 radical (unpaired) electrons. The molecule has 1 aromatic carbocycles. The van der Waals surface area contributed by atoms with Gasteiger partial charge < -0.3 is 10.0 Å². The van der Waals surface area contributed by atoms with E-state index in [0.29, 0.717) is 31.7 Å². The molecule has 0 aromatic heterocycles. The average molecular weight is 312 g/mol. The second-order valence-corrected chi connectivity index (χ2v) is 7.24. The SMILES string of the molecule is CCNS(=O)(=O)c1ccccc1N1CCC(C)(C(=O)O)C1.